The van der Waals surface area contributed by atoms with Crippen LogP contribution < -0.4 is 5.32 Å². The maximum absolute atomic E-state index is 12.2. The Morgan fingerprint density at radius 3 is 2.54 bits per heavy atom. The van der Waals surface area contributed by atoms with Crippen LogP contribution in [0.5, 0.6) is 0 Å². The molecule has 8 heteroatoms. The Labute approximate surface area is 157 Å². The highest BCUT2D eigenvalue weighted by Crippen LogP contribution is 2.34. The molecule has 0 saturated heterocycles. The molecule has 1 heterocycles. The Bertz CT molecular complexity index is 892. The van der Waals surface area contributed by atoms with Gasteiger partial charge in [0.15, 0.2) is 0 Å². The zero-order valence-corrected chi connectivity index (χ0v) is 15.2. The first-order valence-corrected chi connectivity index (χ1v) is 8.93. The van der Waals surface area contributed by atoms with Crippen molar-refractivity contribution in [2.75, 3.05) is 11.1 Å². The quantitative estimate of drug-likeness (QED) is 0.477. The van der Waals surface area contributed by atoms with Gasteiger partial charge in [-0.2, -0.15) is 0 Å². The summed E-state index contributed by atoms with van der Waals surface area (Å²) in [6, 6.07) is 10.7. The van der Waals surface area contributed by atoms with E-state index in [-0.39, 0.29) is 11.7 Å². The lowest BCUT2D eigenvalue weighted by atomic mass is 10.2. The van der Waals surface area contributed by atoms with Crippen LogP contribution in [0.3, 0.4) is 0 Å². The number of amides is 1. The molecule has 3 aromatic rings. The highest BCUT2D eigenvalue weighted by molar-refractivity contribution is 8.00. The number of rotatable bonds is 4. The summed E-state index contributed by atoms with van der Waals surface area (Å²) in [7, 11) is 0. The van der Waals surface area contributed by atoms with Gasteiger partial charge in [0.25, 0.3) is 0 Å². The normalized spacial score (nSPS) is 10.8. The molecule has 24 heavy (non-hydrogen) atoms. The summed E-state index contributed by atoms with van der Waals surface area (Å²) in [5.41, 5.74) is 1.18. The molecule has 2 aromatic carbocycles. The van der Waals surface area contributed by atoms with E-state index in [1.165, 1.54) is 30.2 Å². The van der Waals surface area contributed by atoms with Crippen LogP contribution in [0.1, 0.15) is 0 Å². The van der Waals surface area contributed by atoms with E-state index >= 15 is 0 Å². The number of para-hydroxylation sites is 1. The molecule has 0 saturated carbocycles. The predicted molar refractivity (Wildman–Crippen MR) is 100 cm³/mol. The Hall–Kier alpha value is -1.53. The number of nitrogens with zero attached hydrogens (tertiary/aromatic N) is 2. The highest BCUT2D eigenvalue weighted by Gasteiger charge is 2.13. The molecule has 0 bridgehead atoms. The molecule has 0 radical (unpaired) electrons. The van der Waals surface area contributed by atoms with Crippen molar-refractivity contribution in [2.45, 2.75) is 5.03 Å². The largest absolute Gasteiger partial charge is 0.323 e. The van der Waals surface area contributed by atoms with Gasteiger partial charge in [-0.25, -0.2) is 9.97 Å². The molecule has 4 nitrogen and oxygen atoms in total. The minimum atomic E-state index is -0.242. The van der Waals surface area contributed by atoms with Crippen LogP contribution >= 0.6 is 46.6 Å². The van der Waals surface area contributed by atoms with E-state index in [9.17, 15) is 4.79 Å². The number of carbonyl (C=O) groups is 1. The number of hydrogen-bond donors (Lipinski definition) is 1. The minimum absolute atomic E-state index is 0.163. The molecule has 0 aliphatic carbocycles. The zero-order chi connectivity index (χ0) is 17.1. The third kappa shape index (κ3) is 3.92. The average Bonchev–Trinajstić information content (AvgIpc) is 2.56. The van der Waals surface area contributed by atoms with Gasteiger partial charge in [0.2, 0.25) is 5.91 Å². The molecule has 1 amide bonds. The van der Waals surface area contributed by atoms with Crippen LogP contribution in [0.15, 0.2) is 47.8 Å². The monoisotopic (exact) mass is 397 g/mol. The fourth-order valence-corrected chi connectivity index (χ4v) is 3.77. The summed E-state index contributed by atoms with van der Waals surface area (Å²) >= 11 is 19.3. The van der Waals surface area contributed by atoms with Crippen molar-refractivity contribution < 1.29 is 4.79 Å². The van der Waals surface area contributed by atoms with Gasteiger partial charge in [-0.3, -0.25) is 4.79 Å². The van der Waals surface area contributed by atoms with Crippen molar-refractivity contribution in [3.8, 4) is 0 Å². The van der Waals surface area contributed by atoms with Crippen LogP contribution in [-0.2, 0) is 4.79 Å². The molecule has 0 spiro atoms. The number of fused-ring (bicyclic) bond motifs is 1. The van der Waals surface area contributed by atoms with Gasteiger partial charge in [0.05, 0.1) is 27.0 Å². The third-order valence-corrected chi connectivity index (χ3v) is 4.94. The molecular weight excluding hydrogens is 389 g/mol. The lowest BCUT2D eigenvalue weighted by Gasteiger charge is -2.10. The van der Waals surface area contributed by atoms with E-state index < -0.39 is 0 Å². The molecule has 0 fully saturated rings. The van der Waals surface area contributed by atoms with Crippen molar-refractivity contribution in [3.05, 3.63) is 57.8 Å². The van der Waals surface area contributed by atoms with E-state index in [0.717, 1.165) is 15.9 Å². The number of carbonyl (C=O) groups excluding carboxylic acids is 1. The van der Waals surface area contributed by atoms with E-state index in [1.807, 2.05) is 24.3 Å². The Balaban J connectivity index is 1.72. The first-order valence-electron chi connectivity index (χ1n) is 6.81. The molecule has 0 atom stereocenters. The van der Waals surface area contributed by atoms with Gasteiger partial charge in [0, 0.05) is 10.4 Å². The second-order valence-corrected chi connectivity index (χ2v) is 6.99. The standard InChI is InChI=1S/C16H10Cl3N3OS/c17-9-5-11(18)15(12(19)6-9)22-14(23)7-24-16-10-3-1-2-4-13(10)20-8-21-16/h1-6,8H,7H2,(H,22,23). The third-order valence-electron chi connectivity index (χ3n) is 3.12. The van der Waals surface area contributed by atoms with Crippen LogP contribution in [0.4, 0.5) is 5.69 Å². The summed E-state index contributed by atoms with van der Waals surface area (Å²) in [4.78, 5) is 20.6. The molecule has 122 valence electrons. The number of benzene rings is 2. The maximum Gasteiger partial charge on any atom is 0.234 e. The van der Waals surface area contributed by atoms with Crippen molar-refractivity contribution in [3.63, 3.8) is 0 Å². The topological polar surface area (TPSA) is 54.9 Å². The van der Waals surface area contributed by atoms with Gasteiger partial charge in [-0.05, 0) is 18.2 Å². The van der Waals surface area contributed by atoms with Gasteiger partial charge < -0.3 is 5.32 Å². The van der Waals surface area contributed by atoms with E-state index in [0.29, 0.717) is 20.8 Å². The molecule has 3 rings (SSSR count). The first kappa shape index (κ1) is 17.3. The van der Waals surface area contributed by atoms with Crippen LogP contribution in [0, 0.1) is 0 Å². The summed E-state index contributed by atoms with van der Waals surface area (Å²) < 4.78 is 0. The average molecular weight is 399 g/mol. The molecule has 0 aliphatic rings. The van der Waals surface area contributed by atoms with E-state index in [1.54, 1.807) is 0 Å². The second kappa shape index (κ2) is 7.57. The summed E-state index contributed by atoms with van der Waals surface area (Å²) in [6.07, 6.45) is 1.48. The van der Waals surface area contributed by atoms with Crippen molar-refractivity contribution in [1.82, 2.24) is 9.97 Å². The van der Waals surface area contributed by atoms with E-state index in [2.05, 4.69) is 15.3 Å². The summed E-state index contributed by atoms with van der Waals surface area (Å²) in [5.74, 6) is -0.0788. The number of thioether (sulfide) groups is 1. The van der Waals surface area contributed by atoms with E-state index in [4.69, 9.17) is 34.8 Å². The van der Waals surface area contributed by atoms with Crippen molar-refractivity contribution in [2.24, 2.45) is 0 Å². The lowest BCUT2D eigenvalue weighted by molar-refractivity contribution is -0.113. The highest BCUT2D eigenvalue weighted by atomic mass is 35.5. The molecular formula is C16H10Cl3N3OS. The predicted octanol–water partition coefficient (Wildman–Crippen LogP) is 5.32. The second-order valence-electron chi connectivity index (χ2n) is 4.78. The first-order chi connectivity index (χ1) is 11.5. The molecule has 0 aliphatic heterocycles. The zero-order valence-electron chi connectivity index (χ0n) is 12.1. The molecule has 1 N–H and O–H groups in total. The fraction of sp³-hybridized carbons (Fsp3) is 0.0625. The summed E-state index contributed by atoms with van der Waals surface area (Å²) in [6.45, 7) is 0. The Kier molecular flexibility index (Phi) is 5.46. The van der Waals surface area contributed by atoms with Gasteiger partial charge >= 0.3 is 0 Å². The number of anilines is 1. The maximum atomic E-state index is 12.2. The van der Waals surface area contributed by atoms with Crippen molar-refractivity contribution >= 4 is 69.1 Å². The Morgan fingerprint density at radius 1 is 1.08 bits per heavy atom. The van der Waals surface area contributed by atoms with Gasteiger partial charge in [-0.15, -0.1) is 0 Å². The number of nitrogens with one attached hydrogen (secondary N) is 1. The Morgan fingerprint density at radius 2 is 1.79 bits per heavy atom. The van der Waals surface area contributed by atoms with Crippen LogP contribution in [0.25, 0.3) is 10.9 Å². The van der Waals surface area contributed by atoms with Gasteiger partial charge in [0.1, 0.15) is 11.4 Å². The number of halogens is 3. The minimum Gasteiger partial charge on any atom is -0.323 e. The van der Waals surface area contributed by atoms with Crippen LogP contribution in [0.2, 0.25) is 15.1 Å². The molecule has 0 unspecified atom stereocenters. The number of aromatic nitrogens is 2. The lowest BCUT2D eigenvalue weighted by Crippen LogP contribution is -2.15. The number of hydrogen-bond acceptors (Lipinski definition) is 4. The smallest absolute Gasteiger partial charge is 0.234 e. The van der Waals surface area contributed by atoms with Crippen molar-refractivity contribution in [1.29, 1.82) is 0 Å². The van der Waals surface area contributed by atoms with Crippen LogP contribution in [-0.4, -0.2) is 21.6 Å². The van der Waals surface area contributed by atoms with Gasteiger partial charge in [-0.1, -0.05) is 64.8 Å². The SMILES string of the molecule is O=C(CSc1ncnc2ccccc12)Nc1c(Cl)cc(Cl)cc1Cl. The molecule has 1 aromatic heterocycles. The fourth-order valence-electron chi connectivity index (χ4n) is 2.07. The summed E-state index contributed by atoms with van der Waals surface area (Å²) in [5, 5.41) is 5.33.